The lowest BCUT2D eigenvalue weighted by molar-refractivity contribution is -0.0299. The monoisotopic (exact) mass is 270 g/mol. The van der Waals surface area contributed by atoms with Gasteiger partial charge in [-0.1, -0.05) is 6.92 Å². The fourth-order valence-corrected chi connectivity index (χ4v) is 3.37. The highest BCUT2D eigenvalue weighted by Crippen LogP contribution is 2.31. The number of aliphatic hydroxyl groups is 1. The van der Waals surface area contributed by atoms with E-state index in [1.807, 2.05) is 6.92 Å². The van der Waals surface area contributed by atoms with Crippen LogP contribution in [0.2, 0.25) is 0 Å². The Balaban J connectivity index is 2.08. The molecule has 1 aromatic heterocycles. The number of ether oxygens (including phenoxy) is 1. The van der Waals surface area contributed by atoms with E-state index in [0.717, 1.165) is 41.8 Å². The van der Waals surface area contributed by atoms with Crippen LogP contribution in [0.15, 0.2) is 0 Å². The van der Waals surface area contributed by atoms with Gasteiger partial charge in [-0.05, 0) is 26.8 Å². The number of morpholine rings is 1. The minimum absolute atomic E-state index is 0.0708. The van der Waals surface area contributed by atoms with Crippen molar-refractivity contribution in [1.82, 2.24) is 9.88 Å². The molecule has 0 amide bonds. The second-order valence-electron chi connectivity index (χ2n) is 4.84. The molecule has 0 aromatic carbocycles. The molecule has 0 saturated carbocycles. The van der Waals surface area contributed by atoms with Crippen LogP contribution in [0.5, 0.6) is 0 Å². The van der Waals surface area contributed by atoms with Gasteiger partial charge in [0, 0.05) is 13.1 Å². The highest BCUT2D eigenvalue weighted by atomic mass is 32.1. The fraction of sp³-hybridized carbons (Fsp3) is 0.769. The first-order valence-corrected chi connectivity index (χ1v) is 7.42. The Kier molecular flexibility index (Phi) is 4.72. The van der Waals surface area contributed by atoms with Crippen molar-refractivity contribution in [2.24, 2.45) is 0 Å². The lowest BCUT2D eigenvalue weighted by Gasteiger charge is -2.31. The van der Waals surface area contributed by atoms with E-state index in [-0.39, 0.29) is 6.10 Å². The van der Waals surface area contributed by atoms with Gasteiger partial charge in [0.25, 0.3) is 0 Å². The number of aryl methyl sites for hydroxylation is 1. The molecule has 2 unspecified atom stereocenters. The Morgan fingerprint density at radius 2 is 2.39 bits per heavy atom. The van der Waals surface area contributed by atoms with E-state index in [1.165, 1.54) is 6.42 Å². The van der Waals surface area contributed by atoms with Gasteiger partial charge in [-0.2, -0.15) is 0 Å². The molecule has 4 nitrogen and oxygen atoms in total. The first kappa shape index (κ1) is 13.9. The zero-order chi connectivity index (χ0) is 13.1. The largest absolute Gasteiger partial charge is 0.388 e. The molecule has 1 fully saturated rings. The topological polar surface area (TPSA) is 45.6 Å². The number of nitrogens with zero attached hydrogens (tertiary/aromatic N) is 2. The van der Waals surface area contributed by atoms with E-state index in [2.05, 4.69) is 16.8 Å². The molecule has 102 valence electrons. The Labute approximate surface area is 113 Å². The van der Waals surface area contributed by atoms with Crippen molar-refractivity contribution < 1.29 is 9.84 Å². The lowest BCUT2D eigenvalue weighted by atomic mass is 10.2. The van der Waals surface area contributed by atoms with E-state index >= 15 is 0 Å². The smallest absolute Gasteiger partial charge is 0.123 e. The lowest BCUT2D eigenvalue weighted by Crippen LogP contribution is -2.38. The zero-order valence-corrected chi connectivity index (χ0v) is 12.2. The van der Waals surface area contributed by atoms with Crippen LogP contribution in [-0.4, -0.2) is 41.2 Å². The van der Waals surface area contributed by atoms with E-state index in [4.69, 9.17) is 4.74 Å². The third-order valence-corrected chi connectivity index (χ3v) is 4.61. The van der Waals surface area contributed by atoms with Crippen molar-refractivity contribution in [3.63, 3.8) is 0 Å². The van der Waals surface area contributed by atoms with Crippen LogP contribution in [0, 0.1) is 6.92 Å². The van der Waals surface area contributed by atoms with Gasteiger partial charge in [-0.15, -0.1) is 11.3 Å². The van der Waals surface area contributed by atoms with Crippen LogP contribution in [0.4, 0.5) is 0 Å². The summed E-state index contributed by atoms with van der Waals surface area (Å²) in [6.45, 7) is 9.76. The average molecular weight is 270 g/mol. The summed E-state index contributed by atoms with van der Waals surface area (Å²) in [6, 6.07) is 0. The number of hydrogen-bond acceptors (Lipinski definition) is 5. The number of rotatable bonds is 4. The molecule has 0 radical (unpaired) electrons. The molecule has 1 aromatic rings. The Morgan fingerprint density at radius 3 is 3.00 bits per heavy atom. The van der Waals surface area contributed by atoms with Crippen LogP contribution in [0.25, 0.3) is 0 Å². The van der Waals surface area contributed by atoms with Crippen molar-refractivity contribution in [1.29, 1.82) is 0 Å². The molecule has 2 rings (SSSR count). The standard InChI is InChI=1S/C13H22N2O2S/c1-4-5-15-6-7-17-11(8-15)13-14-9(2)12(18-13)10(3)16/h10-11,16H,4-8H2,1-3H3. The molecule has 0 spiro atoms. The van der Waals surface area contributed by atoms with Gasteiger partial charge in [-0.25, -0.2) is 4.98 Å². The van der Waals surface area contributed by atoms with E-state index < -0.39 is 6.10 Å². The summed E-state index contributed by atoms with van der Waals surface area (Å²) >= 11 is 1.58. The second-order valence-corrected chi connectivity index (χ2v) is 5.90. The summed E-state index contributed by atoms with van der Waals surface area (Å²) in [4.78, 5) is 7.94. The minimum Gasteiger partial charge on any atom is -0.388 e. The van der Waals surface area contributed by atoms with Crippen molar-refractivity contribution in [2.45, 2.75) is 39.4 Å². The predicted octanol–water partition coefficient (Wildman–Crippen LogP) is 2.29. The molecule has 1 saturated heterocycles. The van der Waals surface area contributed by atoms with E-state index in [9.17, 15) is 5.11 Å². The molecule has 1 N–H and O–H groups in total. The SMILES string of the molecule is CCCN1CCOC(c2nc(C)c(C(C)O)s2)C1. The zero-order valence-electron chi connectivity index (χ0n) is 11.3. The highest BCUT2D eigenvalue weighted by molar-refractivity contribution is 7.11. The number of thiazole rings is 1. The van der Waals surface area contributed by atoms with Crippen LogP contribution in [0.1, 0.15) is 48.1 Å². The maximum absolute atomic E-state index is 9.67. The molecule has 1 aliphatic rings. The van der Waals surface area contributed by atoms with E-state index in [0.29, 0.717) is 0 Å². The predicted molar refractivity (Wildman–Crippen MR) is 72.9 cm³/mol. The first-order chi connectivity index (χ1) is 8.61. The van der Waals surface area contributed by atoms with Gasteiger partial charge < -0.3 is 9.84 Å². The average Bonchev–Trinajstić information content (AvgIpc) is 2.72. The summed E-state index contributed by atoms with van der Waals surface area (Å²) in [5, 5.41) is 10.7. The summed E-state index contributed by atoms with van der Waals surface area (Å²) < 4.78 is 5.81. The molecular weight excluding hydrogens is 248 g/mol. The maximum Gasteiger partial charge on any atom is 0.123 e. The molecule has 0 aliphatic carbocycles. The van der Waals surface area contributed by atoms with Gasteiger partial charge in [0.1, 0.15) is 11.1 Å². The first-order valence-electron chi connectivity index (χ1n) is 6.61. The highest BCUT2D eigenvalue weighted by Gasteiger charge is 2.25. The Bertz CT molecular complexity index is 390. The number of hydrogen-bond donors (Lipinski definition) is 1. The van der Waals surface area contributed by atoms with Crippen molar-refractivity contribution >= 4 is 11.3 Å². The van der Waals surface area contributed by atoms with E-state index in [1.54, 1.807) is 18.3 Å². The molecule has 0 bridgehead atoms. The molecule has 1 aliphatic heterocycles. The quantitative estimate of drug-likeness (QED) is 0.912. The van der Waals surface area contributed by atoms with Gasteiger partial charge in [0.15, 0.2) is 0 Å². The normalized spacial score (nSPS) is 23.2. The Morgan fingerprint density at radius 1 is 1.61 bits per heavy atom. The van der Waals surface area contributed by atoms with Crippen molar-refractivity contribution in [3.8, 4) is 0 Å². The third-order valence-electron chi connectivity index (χ3n) is 3.19. The summed E-state index contributed by atoms with van der Waals surface area (Å²) in [5.74, 6) is 0. The summed E-state index contributed by atoms with van der Waals surface area (Å²) in [7, 11) is 0. The van der Waals surface area contributed by atoms with Crippen LogP contribution in [0.3, 0.4) is 0 Å². The minimum atomic E-state index is -0.438. The molecule has 2 heterocycles. The maximum atomic E-state index is 9.67. The van der Waals surface area contributed by atoms with Crippen LogP contribution < -0.4 is 0 Å². The summed E-state index contributed by atoms with van der Waals surface area (Å²) in [6.07, 6.45) is 0.802. The molecule has 18 heavy (non-hydrogen) atoms. The van der Waals surface area contributed by atoms with Crippen LogP contribution >= 0.6 is 11.3 Å². The molecule has 5 heteroatoms. The molecular formula is C13H22N2O2S. The molecule has 2 atom stereocenters. The third kappa shape index (κ3) is 3.09. The van der Waals surface area contributed by atoms with Crippen LogP contribution in [-0.2, 0) is 4.74 Å². The van der Waals surface area contributed by atoms with Gasteiger partial charge in [-0.3, -0.25) is 4.90 Å². The second kappa shape index (κ2) is 6.10. The number of aromatic nitrogens is 1. The summed E-state index contributed by atoms with van der Waals surface area (Å²) in [5.41, 5.74) is 0.932. The number of aliphatic hydroxyl groups excluding tert-OH is 1. The fourth-order valence-electron chi connectivity index (χ4n) is 2.33. The Hall–Kier alpha value is -0.490. The van der Waals surface area contributed by atoms with Gasteiger partial charge in [0.2, 0.25) is 0 Å². The van der Waals surface area contributed by atoms with Gasteiger partial charge >= 0.3 is 0 Å². The van der Waals surface area contributed by atoms with Crippen molar-refractivity contribution in [3.05, 3.63) is 15.6 Å². The van der Waals surface area contributed by atoms with Gasteiger partial charge in [0.05, 0.1) is 23.3 Å². The van der Waals surface area contributed by atoms with Crippen molar-refractivity contribution in [2.75, 3.05) is 26.2 Å².